The molecule has 2 aliphatic rings. The molecule has 1 atom stereocenters. The summed E-state index contributed by atoms with van der Waals surface area (Å²) in [5.74, 6) is 0.177. The number of thiophene rings is 1. The summed E-state index contributed by atoms with van der Waals surface area (Å²) >= 11 is 1.60. The van der Waals surface area contributed by atoms with Crippen molar-refractivity contribution in [2.24, 2.45) is 5.41 Å². The van der Waals surface area contributed by atoms with Crippen molar-refractivity contribution in [2.45, 2.75) is 19.3 Å². The van der Waals surface area contributed by atoms with Gasteiger partial charge in [0.25, 0.3) is 5.91 Å². The van der Waals surface area contributed by atoms with Gasteiger partial charge >= 0.3 is 0 Å². The van der Waals surface area contributed by atoms with Crippen molar-refractivity contribution in [1.82, 2.24) is 9.88 Å². The van der Waals surface area contributed by atoms with Gasteiger partial charge in [-0.15, -0.1) is 0 Å². The molecule has 2 fully saturated rings. The molecule has 6 heteroatoms. The third-order valence-electron chi connectivity index (χ3n) is 5.02. The molecule has 1 spiro atoms. The van der Waals surface area contributed by atoms with Crippen LogP contribution >= 0.6 is 11.3 Å². The van der Waals surface area contributed by atoms with Gasteiger partial charge in [-0.2, -0.15) is 11.3 Å². The normalized spacial score (nSPS) is 24.6. The maximum absolute atomic E-state index is 13.0. The van der Waals surface area contributed by atoms with Gasteiger partial charge in [-0.25, -0.2) is 0 Å². The first-order chi connectivity index (χ1) is 11.2. The number of carbonyl (C=O) groups excluding carboxylic acids is 2. The predicted molar refractivity (Wildman–Crippen MR) is 89.7 cm³/mol. The highest BCUT2D eigenvalue weighted by Gasteiger charge is 2.50. The van der Waals surface area contributed by atoms with Crippen molar-refractivity contribution >= 4 is 28.8 Å². The molecule has 5 nitrogen and oxygen atoms in total. The molecule has 0 unspecified atom stereocenters. The van der Waals surface area contributed by atoms with Crippen molar-refractivity contribution < 1.29 is 9.59 Å². The van der Waals surface area contributed by atoms with Crippen molar-refractivity contribution in [3.8, 4) is 0 Å². The first kappa shape index (κ1) is 14.5. The van der Waals surface area contributed by atoms with Crippen molar-refractivity contribution in [2.75, 3.05) is 24.5 Å². The van der Waals surface area contributed by atoms with Crippen LogP contribution in [0.2, 0.25) is 0 Å². The zero-order valence-electron chi connectivity index (χ0n) is 12.8. The van der Waals surface area contributed by atoms with Crippen LogP contribution in [0.25, 0.3) is 0 Å². The van der Waals surface area contributed by atoms with Crippen LogP contribution in [0.4, 0.5) is 5.69 Å². The maximum Gasteiger partial charge on any atom is 0.270 e. The fraction of sp³-hybridized carbons (Fsp3) is 0.412. The lowest BCUT2D eigenvalue weighted by Gasteiger charge is -2.38. The van der Waals surface area contributed by atoms with Gasteiger partial charge in [0.1, 0.15) is 5.69 Å². The van der Waals surface area contributed by atoms with Gasteiger partial charge in [-0.1, -0.05) is 0 Å². The minimum atomic E-state index is -0.400. The Labute approximate surface area is 138 Å². The molecule has 120 valence electrons. The average Bonchev–Trinajstić information content (AvgIpc) is 3.31. The summed E-state index contributed by atoms with van der Waals surface area (Å²) in [5, 5.41) is 4.01. The molecule has 2 aromatic heterocycles. The Morgan fingerprint density at radius 2 is 2.17 bits per heavy atom. The van der Waals surface area contributed by atoms with E-state index in [-0.39, 0.29) is 11.8 Å². The molecule has 0 aromatic carbocycles. The summed E-state index contributed by atoms with van der Waals surface area (Å²) in [4.78, 5) is 32.3. The molecular weight excluding hydrogens is 310 g/mol. The van der Waals surface area contributed by atoms with Crippen molar-refractivity contribution in [3.05, 3.63) is 40.8 Å². The van der Waals surface area contributed by atoms with Gasteiger partial charge in [-0.05, 0) is 42.8 Å². The number of aromatic nitrogens is 1. The number of hydrogen-bond donors (Lipinski definition) is 1. The zero-order valence-corrected chi connectivity index (χ0v) is 13.6. The highest BCUT2D eigenvalue weighted by atomic mass is 32.1. The van der Waals surface area contributed by atoms with Gasteiger partial charge in [0.05, 0.1) is 11.1 Å². The first-order valence-corrected chi connectivity index (χ1v) is 8.91. The maximum atomic E-state index is 13.0. The van der Waals surface area contributed by atoms with E-state index in [1.165, 1.54) is 0 Å². The van der Waals surface area contributed by atoms with E-state index in [1.807, 2.05) is 32.7 Å². The van der Waals surface area contributed by atoms with Crippen LogP contribution in [0, 0.1) is 5.41 Å². The predicted octanol–water partition coefficient (Wildman–Crippen LogP) is 2.74. The molecule has 2 aliphatic heterocycles. The average molecular weight is 329 g/mol. The SMILES string of the molecule is O=C(c1ccc[nH]1)N1CCC[C@]2(CCN(c3ccsc3)C2=O)C1. The second-order valence-electron chi connectivity index (χ2n) is 6.38. The van der Waals surface area contributed by atoms with Gasteiger partial charge in [-0.3, -0.25) is 9.59 Å². The molecule has 0 saturated carbocycles. The quantitative estimate of drug-likeness (QED) is 0.921. The number of hydrogen-bond acceptors (Lipinski definition) is 3. The van der Waals surface area contributed by atoms with Crippen LogP contribution in [0.1, 0.15) is 29.8 Å². The second kappa shape index (κ2) is 5.53. The summed E-state index contributed by atoms with van der Waals surface area (Å²) in [6, 6.07) is 5.61. The smallest absolute Gasteiger partial charge is 0.270 e. The van der Waals surface area contributed by atoms with Crippen LogP contribution in [-0.2, 0) is 4.79 Å². The third kappa shape index (κ3) is 2.37. The van der Waals surface area contributed by atoms with E-state index in [1.54, 1.807) is 23.6 Å². The molecular formula is C17H19N3O2S. The fourth-order valence-electron chi connectivity index (χ4n) is 3.80. The molecule has 1 N–H and O–H groups in total. The van der Waals surface area contributed by atoms with E-state index in [9.17, 15) is 9.59 Å². The highest BCUT2D eigenvalue weighted by molar-refractivity contribution is 7.08. The Balaban J connectivity index is 1.55. The third-order valence-corrected chi connectivity index (χ3v) is 5.69. The molecule has 0 radical (unpaired) electrons. The lowest BCUT2D eigenvalue weighted by atomic mass is 9.78. The molecule has 0 bridgehead atoms. The molecule has 4 rings (SSSR count). The first-order valence-electron chi connectivity index (χ1n) is 7.96. The monoisotopic (exact) mass is 329 g/mol. The number of aromatic amines is 1. The van der Waals surface area contributed by atoms with E-state index in [0.29, 0.717) is 12.2 Å². The van der Waals surface area contributed by atoms with Crippen LogP contribution in [0.3, 0.4) is 0 Å². The lowest BCUT2D eigenvalue weighted by molar-refractivity contribution is -0.127. The summed E-state index contributed by atoms with van der Waals surface area (Å²) in [6.45, 7) is 2.01. The summed E-state index contributed by atoms with van der Waals surface area (Å²) < 4.78 is 0. The lowest BCUT2D eigenvalue weighted by Crippen LogP contribution is -2.50. The van der Waals surface area contributed by atoms with E-state index in [4.69, 9.17) is 0 Å². The topological polar surface area (TPSA) is 56.4 Å². The Morgan fingerprint density at radius 1 is 1.26 bits per heavy atom. The van der Waals surface area contributed by atoms with Crippen LogP contribution in [0.15, 0.2) is 35.2 Å². The molecule has 23 heavy (non-hydrogen) atoms. The number of carbonyl (C=O) groups is 2. The summed E-state index contributed by atoms with van der Waals surface area (Å²) in [5.41, 5.74) is 1.19. The zero-order chi connectivity index (χ0) is 15.9. The van der Waals surface area contributed by atoms with Crippen molar-refractivity contribution in [3.63, 3.8) is 0 Å². The van der Waals surface area contributed by atoms with Gasteiger partial charge in [0.15, 0.2) is 0 Å². The Bertz CT molecular complexity index is 710. The number of anilines is 1. The van der Waals surface area contributed by atoms with Crippen molar-refractivity contribution in [1.29, 1.82) is 0 Å². The number of nitrogens with one attached hydrogen (secondary N) is 1. The van der Waals surface area contributed by atoms with E-state index in [2.05, 4.69) is 4.98 Å². The van der Waals surface area contributed by atoms with Gasteiger partial charge in [0, 0.05) is 31.2 Å². The molecule has 2 saturated heterocycles. The molecule has 0 aliphatic carbocycles. The minimum Gasteiger partial charge on any atom is -0.357 e. The Hall–Kier alpha value is -2.08. The van der Waals surface area contributed by atoms with Crippen LogP contribution in [0.5, 0.6) is 0 Å². The van der Waals surface area contributed by atoms with Gasteiger partial charge in [0.2, 0.25) is 5.91 Å². The van der Waals surface area contributed by atoms with Crippen LogP contribution < -0.4 is 4.90 Å². The molecule has 2 amide bonds. The van der Waals surface area contributed by atoms with Crippen LogP contribution in [-0.4, -0.2) is 41.3 Å². The molecule has 4 heterocycles. The second-order valence-corrected chi connectivity index (χ2v) is 7.16. The summed E-state index contributed by atoms with van der Waals surface area (Å²) in [6.07, 6.45) is 4.35. The number of amides is 2. The van der Waals surface area contributed by atoms with E-state index < -0.39 is 5.41 Å². The number of rotatable bonds is 2. The fourth-order valence-corrected chi connectivity index (χ4v) is 4.44. The standard InChI is InChI=1S/C17H19N3O2S/c21-15(14-3-1-7-18-14)19-8-2-5-17(12-19)6-9-20(16(17)22)13-4-10-23-11-13/h1,3-4,7,10-11,18H,2,5-6,8-9,12H2/t17-/m0/s1. The Morgan fingerprint density at radius 3 is 2.91 bits per heavy atom. The Kier molecular flexibility index (Phi) is 3.49. The number of nitrogens with zero attached hydrogens (tertiary/aromatic N) is 2. The van der Waals surface area contributed by atoms with E-state index in [0.717, 1.165) is 38.0 Å². The molecule has 2 aromatic rings. The van der Waals surface area contributed by atoms with E-state index >= 15 is 0 Å². The number of piperidine rings is 1. The summed E-state index contributed by atoms with van der Waals surface area (Å²) in [7, 11) is 0. The highest BCUT2D eigenvalue weighted by Crippen LogP contribution is 2.42. The number of H-pyrrole nitrogens is 1. The number of likely N-dealkylation sites (tertiary alicyclic amines) is 1. The van der Waals surface area contributed by atoms with Gasteiger partial charge < -0.3 is 14.8 Å². The minimum absolute atomic E-state index is 0.00383. The largest absolute Gasteiger partial charge is 0.357 e.